The normalized spacial score (nSPS) is 9.75. The molecule has 0 aliphatic heterocycles. The fourth-order valence-electron chi connectivity index (χ4n) is 0.768. The molecular weight excluding hydrogens is 226 g/mol. The van der Waals surface area contributed by atoms with Crippen LogP contribution in [0.1, 0.15) is 10.4 Å². The minimum Gasteiger partial charge on any atom is -0.505 e. The van der Waals surface area contributed by atoms with Crippen molar-refractivity contribution in [3.05, 3.63) is 22.2 Å². The number of carboxylic acid groups (broad SMARTS) is 1. The fourth-order valence-corrected chi connectivity index (χ4v) is 1.11. The average Bonchev–Trinajstić information content (AvgIpc) is 2.00. The van der Waals surface area contributed by atoms with Crippen molar-refractivity contribution < 1.29 is 15.0 Å². The van der Waals surface area contributed by atoms with Gasteiger partial charge in [0.1, 0.15) is 0 Å². The Bertz CT molecular complexity index is 338. The Morgan fingerprint density at radius 3 is 2.58 bits per heavy atom. The molecule has 0 aliphatic carbocycles. The van der Waals surface area contributed by atoms with E-state index in [2.05, 4.69) is 15.9 Å². The molecule has 0 aromatic heterocycles. The highest BCUT2D eigenvalue weighted by atomic mass is 79.9. The molecule has 0 heterocycles. The van der Waals surface area contributed by atoms with Crippen LogP contribution < -0.4 is 5.73 Å². The number of aromatic hydroxyl groups is 1. The molecule has 0 radical (unpaired) electrons. The molecule has 0 saturated heterocycles. The SMILES string of the molecule is Nc1c(C(=O)O)ccc(Br)c1O. The number of carbonyl (C=O) groups is 1. The molecule has 12 heavy (non-hydrogen) atoms. The summed E-state index contributed by atoms with van der Waals surface area (Å²) in [6.07, 6.45) is 0. The van der Waals surface area contributed by atoms with Gasteiger partial charge < -0.3 is 15.9 Å². The number of phenolic OH excluding ortho intramolecular Hbond substituents is 1. The first-order valence-electron chi connectivity index (χ1n) is 3.04. The summed E-state index contributed by atoms with van der Waals surface area (Å²) in [4.78, 5) is 10.5. The highest BCUT2D eigenvalue weighted by Crippen LogP contribution is 2.32. The molecule has 0 spiro atoms. The van der Waals surface area contributed by atoms with Crippen LogP contribution in [0, 0.1) is 0 Å². The minimum atomic E-state index is -1.16. The maximum absolute atomic E-state index is 10.5. The van der Waals surface area contributed by atoms with Gasteiger partial charge in [-0.25, -0.2) is 4.79 Å². The Balaban J connectivity index is 3.36. The van der Waals surface area contributed by atoms with E-state index in [0.29, 0.717) is 4.47 Å². The molecule has 5 heteroatoms. The third-order valence-corrected chi connectivity index (χ3v) is 2.04. The topological polar surface area (TPSA) is 83.6 Å². The predicted molar refractivity (Wildman–Crippen MR) is 47.2 cm³/mol. The van der Waals surface area contributed by atoms with E-state index in [4.69, 9.17) is 10.8 Å². The number of anilines is 1. The van der Waals surface area contributed by atoms with Gasteiger partial charge in [-0.3, -0.25) is 0 Å². The Kier molecular flexibility index (Phi) is 2.23. The van der Waals surface area contributed by atoms with Crippen LogP contribution in [0.4, 0.5) is 5.69 Å². The summed E-state index contributed by atoms with van der Waals surface area (Å²) in [7, 11) is 0. The first kappa shape index (κ1) is 8.86. The zero-order valence-corrected chi connectivity index (χ0v) is 7.50. The first-order chi connectivity index (χ1) is 5.54. The molecule has 4 N–H and O–H groups in total. The highest BCUT2D eigenvalue weighted by molar-refractivity contribution is 9.10. The minimum absolute atomic E-state index is 0.101. The monoisotopic (exact) mass is 231 g/mol. The zero-order valence-electron chi connectivity index (χ0n) is 5.91. The van der Waals surface area contributed by atoms with E-state index in [0.717, 1.165) is 0 Å². The van der Waals surface area contributed by atoms with Crippen molar-refractivity contribution in [3.63, 3.8) is 0 Å². The molecule has 0 amide bonds. The molecule has 0 saturated carbocycles. The lowest BCUT2D eigenvalue weighted by molar-refractivity contribution is 0.0697. The first-order valence-corrected chi connectivity index (χ1v) is 3.83. The van der Waals surface area contributed by atoms with Crippen molar-refractivity contribution in [1.82, 2.24) is 0 Å². The Labute approximate surface area is 76.8 Å². The fraction of sp³-hybridized carbons (Fsp3) is 0. The quantitative estimate of drug-likeness (QED) is 0.505. The molecule has 0 bridgehead atoms. The second kappa shape index (κ2) is 3.02. The maximum Gasteiger partial charge on any atom is 0.337 e. The van der Waals surface area contributed by atoms with Gasteiger partial charge in [0, 0.05) is 0 Å². The smallest absolute Gasteiger partial charge is 0.337 e. The van der Waals surface area contributed by atoms with Crippen molar-refractivity contribution in [2.45, 2.75) is 0 Å². The molecule has 1 aromatic rings. The summed E-state index contributed by atoms with van der Waals surface area (Å²) < 4.78 is 0.380. The largest absolute Gasteiger partial charge is 0.505 e. The number of halogens is 1. The van der Waals surface area contributed by atoms with Gasteiger partial charge in [0.25, 0.3) is 0 Å². The number of rotatable bonds is 1. The van der Waals surface area contributed by atoms with Crippen LogP contribution in [0.15, 0.2) is 16.6 Å². The number of hydrogen-bond donors (Lipinski definition) is 3. The number of carboxylic acids is 1. The van der Waals surface area contributed by atoms with E-state index in [1.807, 2.05) is 0 Å². The van der Waals surface area contributed by atoms with Gasteiger partial charge in [0.05, 0.1) is 15.7 Å². The standard InChI is InChI=1S/C7H6BrNO3/c8-4-2-1-3(7(11)12)5(9)6(4)10/h1-2,10H,9H2,(H,11,12). The second-order valence-electron chi connectivity index (χ2n) is 2.16. The zero-order chi connectivity index (χ0) is 9.30. The predicted octanol–water partition coefficient (Wildman–Crippen LogP) is 1.44. The van der Waals surface area contributed by atoms with Crippen LogP contribution in [0.2, 0.25) is 0 Å². The van der Waals surface area contributed by atoms with Crippen LogP contribution in [0.25, 0.3) is 0 Å². The summed E-state index contributed by atoms with van der Waals surface area (Å²) in [5.41, 5.74) is 5.09. The van der Waals surface area contributed by atoms with Gasteiger partial charge in [-0.2, -0.15) is 0 Å². The van der Waals surface area contributed by atoms with Gasteiger partial charge in [-0.1, -0.05) is 0 Å². The van der Waals surface area contributed by atoms with Gasteiger partial charge in [0.15, 0.2) is 5.75 Å². The van der Waals surface area contributed by atoms with Crippen LogP contribution >= 0.6 is 15.9 Å². The number of aromatic carboxylic acids is 1. The van der Waals surface area contributed by atoms with E-state index in [9.17, 15) is 9.90 Å². The van der Waals surface area contributed by atoms with E-state index in [1.165, 1.54) is 12.1 Å². The lowest BCUT2D eigenvalue weighted by Gasteiger charge is -2.03. The van der Waals surface area contributed by atoms with E-state index < -0.39 is 5.97 Å². The second-order valence-corrected chi connectivity index (χ2v) is 3.02. The maximum atomic E-state index is 10.5. The molecule has 64 valence electrons. The van der Waals surface area contributed by atoms with Crippen molar-refractivity contribution in [1.29, 1.82) is 0 Å². The van der Waals surface area contributed by atoms with Crippen molar-refractivity contribution >= 4 is 27.6 Å². The Hall–Kier alpha value is -1.23. The summed E-state index contributed by atoms with van der Waals surface area (Å²) >= 11 is 3.01. The molecule has 0 atom stereocenters. The molecule has 1 aromatic carbocycles. The van der Waals surface area contributed by atoms with E-state index >= 15 is 0 Å². The molecule has 4 nitrogen and oxygen atoms in total. The number of nitrogens with two attached hydrogens (primary N) is 1. The molecule has 0 fully saturated rings. The van der Waals surface area contributed by atoms with Gasteiger partial charge in [-0.05, 0) is 28.1 Å². The third kappa shape index (κ3) is 1.35. The lowest BCUT2D eigenvalue weighted by atomic mass is 10.2. The molecule has 0 aliphatic rings. The number of benzene rings is 1. The number of phenols is 1. The number of hydrogen-bond acceptors (Lipinski definition) is 3. The van der Waals surface area contributed by atoms with Gasteiger partial charge in [0.2, 0.25) is 0 Å². The van der Waals surface area contributed by atoms with Crippen molar-refractivity contribution in [2.24, 2.45) is 0 Å². The van der Waals surface area contributed by atoms with Crippen molar-refractivity contribution in [3.8, 4) is 5.75 Å². The summed E-state index contributed by atoms with van der Waals surface area (Å²) in [5.74, 6) is -1.40. The molecule has 1 rings (SSSR count). The summed E-state index contributed by atoms with van der Waals surface area (Å²) in [6.45, 7) is 0. The summed E-state index contributed by atoms with van der Waals surface area (Å²) in [5, 5.41) is 17.8. The lowest BCUT2D eigenvalue weighted by Crippen LogP contribution is -2.02. The van der Waals surface area contributed by atoms with Crippen molar-refractivity contribution in [2.75, 3.05) is 5.73 Å². The Morgan fingerprint density at radius 2 is 2.08 bits per heavy atom. The average molecular weight is 232 g/mol. The van der Waals surface area contributed by atoms with E-state index in [1.54, 1.807) is 0 Å². The molecular formula is C7H6BrNO3. The molecule has 0 unspecified atom stereocenters. The van der Waals surface area contributed by atoms with Crippen LogP contribution in [0.3, 0.4) is 0 Å². The van der Waals surface area contributed by atoms with Crippen LogP contribution in [0.5, 0.6) is 5.75 Å². The van der Waals surface area contributed by atoms with Crippen LogP contribution in [-0.2, 0) is 0 Å². The third-order valence-electron chi connectivity index (χ3n) is 1.40. The van der Waals surface area contributed by atoms with Gasteiger partial charge >= 0.3 is 5.97 Å². The van der Waals surface area contributed by atoms with Gasteiger partial charge in [-0.15, -0.1) is 0 Å². The van der Waals surface area contributed by atoms with Crippen LogP contribution in [-0.4, -0.2) is 16.2 Å². The summed E-state index contributed by atoms with van der Waals surface area (Å²) in [6, 6.07) is 2.75. The number of nitrogen functional groups attached to an aromatic ring is 1. The highest BCUT2D eigenvalue weighted by Gasteiger charge is 2.12. The Morgan fingerprint density at radius 1 is 1.50 bits per heavy atom. The van der Waals surface area contributed by atoms with E-state index in [-0.39, 0.29) is 17.0 Å².